The van der Waals surface area contributed by atoms with Crippen LogP contribution in [0, 0.1) is 23.4 Å². The first-order valence-corrected chi connectivity index (χ1v) is 12.8. The van der Waals surface area contributed by atoms with E-state index in [2.05, 4.69) is 13.8 Å². The summed E-state index contributed by atoms with van der Waals surface area (Å²) in [5.41, 5.74) is 0.255. The highest BCUT2D eigenvalue weighted by Crippen LogP contribution is 2.33. The van der Waals surface area contributed by atoms with E-state index in [1.54, 1.807) is 0 Å². The highest BCUT2D eigenvalue weighted by Gasteiger charge is 2.34. The number of unbranched alkanes of at least 4 members (excludes halogenated alkanes) is 8. The summed E-state index contributed by atoms with van der Waals surface area (Å²) in [5.74, 6) is -2.98. The van der Waals surface area contributed by atoms with Gasteiger partial charge in [-0.2, -0.15) is 0 Å². The lowest BCUT2D eigenvalue weighted by Gasteiger charge is -2.37. The molecule has 0 aliphatic carbocycles. The largest absolute Gasteiger partial charge is 0.350 e. The van der Waals surface area contributed by atoms with Crippen LogP contribution in [-0.2, 0) is 15.9 Å². The van der Waals surface area contributed by atoms with Crippen LogP contribution in [0.3, 0.4) is 0 Å². The summed E-state index contributed by atoms with van der Waals surface area (Å²) in [6, 6.07) is 1.62. The second-order valence-corrected chi connectivity index (χ2v) is 8.95. The van der Waals surface area contributed by atoms with Crippen LogP contribution in [0.5, 0.6) is 0 Å². The molecule has 0 bridgehead atoms. The topological polar surface area (TPSA) is 18.5 Å². The molecule has 0 aliphatic heterocycles. The zero-order valence-electron chi connectivity index (χ0n) is 20.8. The Labute approximate surface area is 194 Å². The molecule has 0 saturated heterocycles. The van der Waals surface area contributed by atoms with Crippen molar-refractivity contribution in [3.8, 4) is 0 Å². The summed E-state index contributed by atoms with van der Waals surface area (Å²) in [5, 5.41) is 0. The Morgan fingerprint density at radius 3 is 1.75 bits per heavy atom. The number of halogens is 3. The van der Waals surface area contributed by atoms with Crippen LogP contribution < -0.4 is 0 Å². The Balaban J connectivity index is 2.47. The molecule has 1 unspecified atom stereocenters. The minimum Gasteiger partial charge on any atom is -0.350 e. The molecule has 0 aliphatic rings. The summed E-state index contributed by atoms with van der Waals surface area (Å²) in [4.78, 5) is 0. The van der Waals surface area contributed by atoms with E-state index in [1.807, 2.05) is 13.8 Å². The lowest BCUT2D eigenvalue weighted by atomic mass is 9.87. The number of aryl methyl sites for hydroxylation is 1. The predicted octanol–water partition coefficient (Wildman–Crippen LogP) is 8.75. The van der Waals surface area contributed by atoms with Crippen molar-refractivity contribution in [2.45, 2.75) is 117 Å². The third-order valence-corrected chi connectivity index (χ3v) is 6.35. The monoisotopic (exact) mass is 458 g/mol. The predicted molar refractivity (Wildman–Crippen MR) is 126 cm³/mol. The van der Waals surface area contributed by atoms with Crippen molar-refractivity contribution in [1.29, 1.82) is 0 Å². The van der Waals surface area contributed by atoms with Gasteiger partial charge in [0.15, 0.2) is 17.4 Å². The van der Waals surface area contributed by atoms with E-state index in [1.165, 1.54) is 38.5 Å². The highest BCUT2D eigenvalue weighted by atomic mass is 19.2. The maximum absolute atomic E-state index is 13.8. The van der Waals surface area contributed by atoms with Gasteiger partial charge in [0.05, 0.1) is 0 Å². The number of hydrogen-bond acceptors (Lipinski definition) is 2. The third-order valence-electron chi connectivity index (χ3n) is 6.35. The molecule has 0 amide bonds. The lowest BCUT2D eigenvalue weighted by Crippen LogP contribution is -2.41. The van der Waals surface area contributed by atoms with Crippen molar-refractivity contribution in [2.75, 3.05) is 13.2 Å². The molecule has 0 saturated carbocycles. The van der Waals surface area contributed by atoms with Gasteiger partial charge in [-0.25, -0.2) is 13.2 Å². The van der Waals surface area contributed by atoms with Gasteiger partial charge in [0.1, 0.15) is 5.82 Å². The van der Waals surface area contributed by atoms with Crippen molar-refractivity contribution in [3.63, 3.8) is 0 Å². The molecular formula is C27H45F3O2. The van der Waals surface area contributed by atoms with Crippen LogP contribution in [0.2, 0.25) is 0 Å². The fourth-order valence-electron chi connectivity index (χ4n) is 4.51. The normalized spacial score (nSPS) is 13.0. The van der Waals surface area contributed by atoms with Gasteiger partial charge in [-0.3, -0.25) is 0 Å². The quantitative estimate of drug-likeness (QED) is 0.117. The maximum atomic E-state index is 13.8. The van der Waals surface area contributed by atoms with Crippen LogP contribution >= 0.6 is 0 Å². The molecule has 2 nitrogen and oxygen atoms in total. The summed E-state index contributed by atoms with van der Waals surface area (Å²) < 4.78 is 52.3. The van der Waals surface area contributed by atoms with Gasteiger partial charge in [-0.1, -0.05) is 64.7 Å². The Bertz CT molecular complexity index is 615. The fraction of sp³-hybridized carbons (Fsp3) is 0.778. The summed E-state index contributed by atoms with van der Waals surface area (Å²) in [6.07, 6.45) is 14.0. The summed E-state index contributed by atoms with van der Waals surface area (Å²) in [6.45, 7) is 9.59. The molecule has 0 fully saturated rings. The van der Waals surface area contributed by atoms with Crippen molar-refractivity contribution >= 4 is 0 Å². The Morgan fingerprint density at radius 2 is 1.19 bits per heavy atom. The minimum absolute atomic E-state index is 0.255. The van der Waals surface area contributed by atoms with Gasteiger partial charge in [-0.05, 0) is 58.1 Å². The highest BCUT2D eigenvalue weighted by molar-refractivity contribution is 5.20. The van der Waals surface area contributed by atoms with Gasteiger partial charge in [-0.15, -0.1) is 0 Å². The second kappa shape index (κ2) is 16.5. The number of hydrogen-bond donors (Lipinski definition) is 0. The van der Waals surface area contributed by atoms with E-state index in [0.29, 0.717) is 31.6 Å². The first-order chi connectivity index (χ1) is 15.4. The van der Waals surface area contributed by atoms with Gasteiger partial charge in [0.2, 0.25) is 0 Å². The molecule has 1 rings (SSSR count). The fourth-order valence-corrected chi connectivity index (χ4v) is 4.51. The number of ether oxygens (including phenoxy) is 2. The van der Waals surface area contributed by atoms with Crippen LogP contribution in [0.4, 0.5) is 13.2 Å². The molecule has 32 heavy (non-hydrogen) atoms. The molecule has 1 atom stereocenters. The third kappa shape index (κ3) is 10.7. The molecule has 1 aromatic carbocycles. The smallest absolute Gasteiger partial charge is 0.168 e. The van der Waals surface area contributed by atoms with Gasteiger partial charge in [0.25, 0.3) is 0 Å². The number of benzene rings is 1. The lowest BCUT2D eigenvalue weighted by molar-refractivity contribution is -0.254. The average Bonchev–Trinajstić information content (AvgIpc) is 2.75. The molecular weight excluding hydrogens is 413 g/mol. The first kappa shape index (κ1) is 29.0. The zero-order valence-corrected chi connectivity index (χ0v) is 20.8. The summed E-state index contributed by atoms with van der Waals surface area (Å²) >= 11 is 0. The van der Waals surface area contributed by atoms with Crippen molar-refractivity contribution in [1.82, 2.24) is 0 Å². The standard InChI is InChI=1S/C27H45F3O2/c1-5-8-9-10-11-15-18-23(27(4,31-6-2)32-7-3)19-16-13-12-14-17-22-20-25(29)26(30)21-24(22)28/h20-21,23H,5-19H2,1-4H3. The Morgan fingerprint density at radius 1 is 0.688 bits per heavy atom. The SMILES string of the molecule is CCCCCCCCC(CCCCCCc1cc(F)c(F)cc1F)C(C)(OCC)OCC. The van der Waals surface area contributed by atoms with Gasteiger partial charge < -0.3 is 9.47 Å². The van der Waals surface area contributed by atoms with E-state index in [4.69, 9.17) is 9.47 Å². The molecule has 0 spiro atoms. The van der Waals surface area contributed by atoms with Crippen molar-refractivity contribution in [2.24, 2.45) is 5.92 Å². The minimum atomic E-state index is -1.13. The van der Waals surface area contributed by atoms with Crippen LogP contribution in [-0.4, -0.2) is 19.0 Å². The van der Waals surface area contributed by atoms with Crippen molar-refractivity contribution in [3.05, 3.63) is 35.1 Å². The molecule has 186 valence electrons. The average molecular weight is 459 g/mol. The maximum Gasteiger partial charge on any atom is 0.168 e. The van der Waals surface area contributed by atoms with Gasteiger partial charge in [0, 0.05) is 25.2 Å². The van der Waals surface area contributed by atoms with E-state index in [0.717, 1.165) is 44.6 Å². The van der Waals surface area contributed by atoms with E-state index < -0.39 is 23.2 Å². The Kier molecular flexibility index (Phi) is 15.0. The molecule has 0 N–H and O–H groups in total. The number of rotatable bonds is 19. The molecule has 0 heterocycles. The van der Waals surface area contributed by atoms with Crippen molar-refractivity contribution < 1.29 is 22.6 Å². The molecule has 1 aromatic rings. The van der Waals surface area contributed by atoms with Gasteiger partial charge >= 0.3 is 0 Å². The molecule has 0 aromatic heterocycles. The van der Waals surface area contributed by atoms with Crippen LogP contribution in [0.1, 0.15) is 110 Å². The molecule has 0 radical (unpaired) electrons. The van der Waals surface area contributed by atoms with Crippen LogP contribution in [0.25, 0.3) is 0 Å². The van der Waals surface area contributed by atoms with E-state index in [-0.39, 0.29) is 5.56 Å². The zero-order chi connectivity index (χ0) is 23.8. The first-order valence-electron chi connectivity index (χ1n) is 12.8. The van der Waals surface area contributed by atoms with E-state index in [9.17, 15) is 13.2 Å². The second-order valence-electron chi connectivity index (χ2n) is 8.95. The van der Waals surface area contributed by atoms with E-state index >= 15 is 0 Å². The summed E-state index contributed by atoms with van der Waals surface area (Å²) in [7, 11) is 0. The molecule has 5 heteroatoms. The van der Waals surface area contributed by atoms with Crippen LogP contribution in [0.15, 0.2) is 12.1 Å². The Hall–Kier alpha value is -1.07.